The van der Waals surface area contributed by atoms with E-state index in [0.29, 0.717) is 12.8 Å². The van der Waals surface area contributed by atoms with Gasteiger partial charge in [0.25, 0.3) is 0 Å². The van der Waals surface area contributed by atoms with Gasteiger partial charge in [-0.1, -0.05) is 172 Å². The zero-order valence-corrected chi connectivity index (χ0v) is 32.9. The molecule has 0 aliphatic heterocycles. The van der Waals surface area contributed by atoms with Crippen molar-refractivity contribution in [3.8, 4) is 0 Å². The molecule has 0 aliphatic carbocycles. The van der Waals surface area contributed by atoms with E-state index in [9.17, 15) is 14.2 Å². The summed E-state index contributed by atoms with van der Waals surface area (Å²) in [7, 11) is -4.76. The second-order valence-corrected chi connectivity index (χ2v) is 14.9. The van der Waals surface area contributed by atoms with Crippen molar-refractivity contribution in [3.63, 3.8) is 0 Å². The van der Waals surface area contributed by atoms with Crippen molar-refractivity contribution >= 4 is 19.8 Å². The third kappa shape index (κ3) is 39.1. The van der Waals surface area contributed by atoms with E-state index in [0.717, 1.165) is 44.9 Å². The monoisotopic (exact) mass is 727 g/mol. The minimum absolute atomic E-state index is 0.197. The molecule has 1 atom stereocenters. The highest BCUT2D eigenvalue weighted by molar-refractivity contribution is 7.46. The molecule has 0 rings (SSSR count). The number of phosphoric acid groups is 1. The van der Waals surface area contributed by atoms with Crippen molar-refractivity contribution in [3.05, 3.63) is 36.5 Å². The van der Waals surface area contributed by atoms with Crippen molar-refractivity contribution < 1.29 is 37.9 Å². The second kappa shape index (κ2) is 37.0. The first-order valence-electron chi connectivity index (χ1n) is 20.3. The number of phosphoric ester groups is 1. The van der Waals surface area contributed by atoms with Crippen LogP contribution in [0, 0.1) is 0 Å². The zero-order valence-electron chi connectivity index (χ0n) is 32.0. The molecule has 9 heteroatoms. The lowest BCUT2D eigenvalue weighted by Gasteiger charge is -2.18. The molecule has 0 heterocycles. The van der Waals surface area contributed by atoms with E-state index in [1.807, 2.05) is 6.08 Å². The molecule has 0 bridgehead atoms. The van der Waals surface area contributed by atoms with Gasteiger partial charge in [0.2, 0.25) is 0 Å². The van der Waals surface area contributed by atoms with Gasteiger partial charge in [0.05, 0.1) is 6.61 Å². The fourth-order valence-corrected chi connectivity index (χ4v) is 5.98. The maximum Gasteiger partial charge on any atom is 0.469 e. The fourth-order valence-electron chi connectivity index (χ4n) is 5.62. The molecule has 50 heavy (non-hydrogen) atoms. The summed E-state index contributed by atoms with van der Waals surface area (Å²) in [6.07, 6.45) is 43.0. The maximum atomic E-state index is 12.4. The molecule has 0 aromatic rings. The van der Waals surface area contributed by atoms with Gasteiger partial charge < -0.3 is 19.3 Å². The minimum Gasteiger partial charge on any atom is -0.462 e. The minimum atomic E-state index is -4.76. The second-order valence-electron chi connectivity index (χ2n) is 13.6. The maximum absolute atomic E-state index is 12.4. The Hall–Kier alpha value is -1.73. The van der Waals surface area contributed by atoms with Gasteiger partial charge >= 0.3 is 19.8 Å². The standard InChI is InChI=1S/C41H75O8P/c1-3-5-7-9-11-13-15-17-19-20-22-23-25-27-29-31-33-35-40(42)47-37-39(38-48-50(44,45)46)49-41(43)36-34-32-30-28-26-24-21-18-16-14-12-10-8-6-4-2/h17,19,22-23,27,29,39H,3-16,18,20-21,24-26,28,30-38H2,1-2H3,(H2,44,45,46)/b19-17-,23-22-,29-27-/t39-/m1/s1. The van der Waals surface area contributed by atoms with Crippen LogP contribution < -0.4 is 0 Å². The summed E-state index contributed by atoms with van der Waals surface area (Å²) in [4.78, 5) is 42.7. The summed E-state index contributed by atoms with van der Waals surface area (Å²) in [5, 5.41) is 0. The molecular formula is C41H75O8P. The average molecular weight is 727 g/mol. The SMILES string of the molecule is CCCCCCCC/C=C\C/C=C\C/C=C\CCCC(=O)OC[C@H](COP(=O)(O)O)OC(=O)CCCCCCCCCCCCCCCCC. The quantitative estimate of drug-likeness (QED) is 0.0281. The van der Waals surface area contributed by atoms with Crippen LogP contribution in [0.4, 0.5) is 0 Å². The van der Waals surface area contributed by atoms with Crippen LogP contribution in [-0.4, -0.2) is 41.0 Å². The van der Waals surface area contributed by atoms with Crippen LogP contribution in [0.1, 0.15) is 194 Å². The number of carbonyl (C=O) groups is 2. The van der Waals surface area contributed by atoms with Crippen molar-refractivity contribution in [2.45, 2.75) is 200 Å². The molecule has 0 saturated heterocycles. The van der Waals surface area contributed by atoms with Crippen LogP contribution >= 0.6 is 7.82 Å². The van der Waals surface area contributed by atoms with E-state index >= 15 is 0 Å². The van der Waals surface area contributed by atoms with E-state index in [-0.39, 0.29) is 19.4 Å². The predicted octanol–water partition coefficient (Wildman–Crippen LogP) is 12.2. The first-order valence-corrected chi connectivity index (χ1v) is 21.8. The van der Waals surface area contributed by atoms with E-state index < -0.39 is 32.5 Å². The Kier molecular flexibility index (Phi) is 35.8. The van der Waals surface area contributed by atoms with Gasteiger partial charge in [0.1, 0.15) is 6.61 Å². The van der Waals surface area contributed by atoms with Crippen molar-refractivity contribution in [1.29, 1.82) is 0 Å². The lowest BCUT2D eigenvalue weighted by molar-refractivity contribution is -0.161. The van der Waals surface area contributed by atoms with Crippen LogP contribution in [-0.2, 0) is 28.2 Å². The van der Waals surface area contributed by atoms with Crippen molar-refractivity contribution in [2.75, 3.05) is 13.2 Å². The van der Waals surface area contributed by atoms with Gasteiger partial charge in [-0.15, -0.1) is 0 Å². The van der Waals surface area contributed by atoms with Gasteiger partial charge in [-0.05, 0) is 44.9 Å². The zero-order chi connectivity index (χ0) is 36.8. The summed E-state index contributed by atoms with van der Waals surface area (Å²) < 4.78 is 26.3. The normalized spacial score (nSPS) is 12.8. The van der Waals surface area contributed by atoms with Gasteiger partial charge in [-0.25, -0.2) is 4.57 Å². The van der Waals surface area contributed by atoms with Gasteiger partial charge in [-0.2, -0.15) is 0 Å². The number of hydrogen-bond donors (Lipinski definition) is 2. The van der Waals surface area contributed by atoms with Crippen LogP contribution in [0.5, 0.6) is 0 Å². The van der Waals surface area contributed by atoms with Crippen molar-refractivity contribution in [1.82, 2.24) is 0 Å². The lowest BCUT2D eigenvalue weighted by Crippen LogP contribution is -2.29. The number of carbonyl (C=O) groups excluding carboxylic acids is 2. The topological polar surface area (TPSA) is 119 Å². The van der Waals surface area contributed by atoms with Crippen molar-refractivity contribution in [2.24, 2.45) is 0 Å². The summed E-state index contributed by atoms with van der Waals surface area (Å²) in [5.41, 5.74) is 0. The Morgan fingerprint density at radius 3 is 1.40 bits per heavy atom. The Morgan fingerprint density at radius 2 is 0.920 bits per heavy atom. The molecule has 8 nitrogen and oxygen atoms in total. The highest BCUT2D eigenvalue weighted by atomic mass is 31.2. The number of esters is 2. The van der Waals surface area contributed by atoms with Gasteiger partial charge in [0, 0.05) is 12.8 Å². The Balaban J connectivity index is 4.01. The van der Waals surface area contributed by atoms with Crippen LogP contribution in [0.2, 0.25) is 0 Å². The summed E-state index contributed by atoms with van der Waals surface area (Å²) in [6, 6.07) is 0. The highest BCUT2D eigenvalue weighted by Gasteiger charge is 2.22. The molecule has 2 N–H and O–H groups in total. The molecule has 0 aliphatic rings. The molecule has 0 fully saturated rings. The van der Waals surface area contributed by atoms with E-state index in [1.165, 1.54) is 109 Å². The largest absolute Gasteiger partial charge is 0.469 e. The van der Waals surface area contributed by atoms with E-state index in [4.69, 9.17) is 19.3 Å². The van der Waals surface area contributed by atoms with Crippen LogP contribution in [0.3, 0.4) is 0 Å². The average Bonchev–Trinajstić information content (AvgIpc) is 3.08. The molecule has 0 unspecified atom stereocenters. The molecule has 0 radical (unpaired) electrons. The molecule has 0 spiro atoms. The number of rotatable bonds is 37. The molecular weight excluding hydrogens is 651 g/mol. The summed E-state index contributed by atoms with van der Waals surface area (Å²) >= 11 is 0. The number of hydrogen-bond acceptors (Lipinski definition) is 6. The highest BCUT2D eigenvalue weighted by Crippen LogP contribution is 2.36. The first-order chi connectivity index (χ1) is 24.3. The number of unbranched alkanes of at least 4 members (excludes halogenated alkanes) is 21. The summed E-state index contributed by atoms with van der Waals surface area (Å²) in [6.45, 7) is 3.64. The lowest BCUT2D eigenvalue weighted by atomic mass is 10.0. The predicted molar refractivity (Wildman–Crippen MR) is 207 cm³/mol. The first kappa shape index (κ1) is 48.3. The third-order valence-electron chi connectivity index (χ3n) is 8.66. The summed E-state index contributed by atoms with van der Waals surface area (Å²) in [5.74, 6) is -0.941. The molecule has 0 amide bonds. The van der Waals surface area contributed by atoms with Crippen LogP contribution in [0.25, 0.3) is 0 Å². The third-order valence-corrected chi connectivity index (χ3v) is 9.15. The molecule has 0 aromatic carbocycles. The van der Waals surface area contributed by atoms with Gasteiger partial charge in [0.15, 0.2) is 6.10 Å². The van der Waals surface area contributed by atoms with E-state index in [2.05, 4.69) is 48.8 Å². The van der Waals surface area contributed by atoms with Gasteiger partial charge in [-0.3, -0.25) is 14.1 Å². The Bertz CT molecular complexity index is 910. The van der Waals surface area contributed by atoms with Crippen LogP contribution in [0.15, 0.2) is 36.5 Å². The number of allylic oxidation sites excluding steroid dienone is 6. The Labute approximate surface area is 306 Å². The fraction of sp³-hybridized carbons (Fsp3) is 0.805. The molecule has 0 saturated carbocycles. The molecule has 0 aromatic heterocycles. The number of ether oxygens (including phenoxy) is 2. The molecule has 292 valence electrons. The smallest absolute Gasteiger partial charge is 0.462 e. The van der Waals surface area contributed by atoms with E-state index in [1.54, 1.807) is 0 Å². The Morgan fingerprint density at radius 1 is 0.520 bits per heavy atom.